The number of pyridine rings is 1. The lowest BCUT2D eigenvalue weighted by molar-refractivity contribution is -0.137. The van der Waals surface area contributed by atoms with Gasteiger partial charge in [-0.2, -0.15) is 13.2 Å². The molecule has 0 saturated carbocycles. The van der Waals surface area contributed by atoms with Crippen LogP contribution in [0, 0.1) is 0 Å². The van der Waals surface area contributed by atoms with Crippen LogP contribution in [0.15, 0.2) is 53.7 Å². The molecule has 1 aliphatic rings. The third kappa shape index (κ3) is 2.75. The number of hydrogen-bond acceptors (Lipinski definition) is 3. The van der Waals surface area contributed by atoms with Crippen molar-refractivity contribution in [1.29, 1.82) is 0 Å². The van der Waals surface area contributed by atoms with Crippen LogP contribution in [0.4, 0.5) is 13.2 Å². The number of halogens is 3. The molecule has 0 fully saturated rings. The van der Waals surface area contributed by atoms with E-state index < -0.39 is 53.4 Å². The molecule has 3 rings (SSSR count). The molecule has 122 valence electrons. The molecule has 0 radical (unpaired) electrons. The molecule has 1 heterocycles. The minimum Gasteiger partial charge on any atom is -0.289 e. The van der Waals surface area contributed by atoms with Gasteiger partial charge in [-0.15, -0.1) is 0 Å². The van der Waals surface area contributed by atoms with Gasteiger partial charge >= 0.3 is 6.18 Å². The molecule has 0 aliphatic heterocycles. The van der Waals surface area contributed by atoms with Crippen LogP contribution in [-0.2, 0) is 12.5 Å². The summed E-state index contributed by atoms with van der Waals surface area (Å²) >= 11 is 0. The van der Waals surface area contributed by atoms with Crippen LogP contribution in [0.2, 0.25) is 0 Å². The highest BCUT2D eigenvalue weighted by atomic mass is 19.4. The van der Waals surface area contributed by atoms with Crippen LogP contribution < -0.4 is 0 Å². The molecule has 0 amide bonds. The summed E-state index contributed by atoms with van der Waals surface area (Å²) in [5.41, 5.74) is -4.08. The number of alkyl halides is 3. The number of aromatic nitrogens is 1. The Kier molecular flexibility index (Phi) is 2.59. The number of ketones is 2. The van der Waals surface area contributed by atoms with E-state index in [9.17, 15) is 22.8 Å². The average molecular weight is 336 g/mol. The summed E-state index contributed by atoms with van der Waals surface area (Å²) in [6.07, 6.45) is -7.25. The van der Waals surface area contributed by atoms with Crippen LogP contribution in [0.25, 0.3) is 0 Å². The molecule has 0 bridgehead atoms. The van der Waals surface area contributed by atoms with Gasteiger partial charge in [0, 0.05) is 47.4 Å². The quantitative estimate of drug-likeness (QED) is 0.831. The van der Waals surface area contributed by atoms with Gasteiger partial charge < -0.3 is 0 Å². The molecular weight excluding hydrogens is 319 g/mol. The summed E-state index contributed by atoms with van der Waals surface area (Å²) in [6, 6.07) is 6.64. The lowest BCUT2D eigenvalue weighted by Crippen LogP contribution is -2.22. The summed E-state index contributed by atoms with van der Waals surface area (Å²) in [7, 11) is 0. The van der Waals surface area contributed by atoms with E-state index in [1.54, 1.807) is 0 Å². The van der Waals surface area contributed by atoms with Crippen molar-refractivity contribution in [2.75, 3.05) is 0 Å². The summed E-state index contributed by atoms with van der Waals surface area (Å²) < 4.78 is 77.8. The molecule has 1 aromatic heterocycles. The van der Waals surface area contributed by atoms with E-state index in [2.05, 4.69) is 4.98 Å². The van der Waals surface area contributed by atoms with Gasteiger partial charge in [-0.1, -0.05) is 24.3 Å². The first-order valence-electron chi connectivity index (χ1n) is 9.23. The van der Waals surface area contributed by atoms with Gasteiger partial charge in [0.1, 0.15) is 0 Å². The third-order valence-corrected chi connectivity index (χ3v) is 3.46. The monoisotopic (exact) mass is 336 g/mol. The topological polar surface area (TPSA) is 47.0 Å². The Morgan fingerprint density at radius 2 is 1.75 bits per heavy atom. The molecule has 0 spiro atoms. The number of allylic oxidation sites excluding steroid dienone is 2. The molecule has 0 atom stereocenters. The Labute approximate surface area is 142 Å². The lowest BCUT2D eigenvalue weighted by Gasteiger charge is -2.18. The molecule has 0 N–H and O–H groups in total. The Hall–Kier alpha value is -2.76. The van der Waals surface area contributed by atoms with E-state index in [0.717, 1.165) is 0 Å². The highest BCUT2D eigenvalue weighted by molar-refractivity contribution is 6.26. The number of hydrogen-bond donors (Lipinski definition) is 0. The standard InChI is InChI=1S/C18H12F3NO2/c1-10-15(8-12-7-6-11(9-22-12)18(19,20)21)17(24)14-5-3-2-4-13(14)16(10)23/h2-7,9H,8H2,1H3/i1D3,8D2. The van der Waals surface area contributed by atoms with Gasteiger partial charge in [-0.05, 0) is 19.0 Å². The second-order valence-corrected chi connectivity index (χ2v) is 5.01. The van der Waals surface area contributed by atoms with E-state index in [0.29, 0.717) is 18.3 Å². The molecule has 0 saturated heterocycles. The van der Waals surface area contributed by atoms with Crippen molar-refractivity contribution < 1.29 is 29.6 Å². The third-order valence-electron chi connectivity index (χ3n) is 3.46. The highest BCUT2D eigenvalue weighted by Gasteiger charge is 2.32. The molecule has 6 heteroatoms. The number of fused-ring (bicyclic) bond motifs is 1. The van der Waals surface area contributed by atoms with E-state index in [1.165, 1.54) is 24.3 Å². The first-order valence-corrected chi connectivity index (χ1v) is 6.73. The maximum absolute atomic E-state index is 13.0. The maximum atomic E-state index is 13.0. The summed E-state index contributed by atoms with van der Waals surface area (Å²) in [6.45, 7) is -3.13. The van der Waals surface area contributed by atoms with Gasteiger partial charge in [0.15, 0.2) is 11.6 Å². The minimum absolute atomic E-state index is 0.177. The zero-order valence-electron chi connectivity index (χ0n) is 16.9. The van der Waals surface area contributed by atoms with Gasteiger partial charge in [-0.3, -0.25) is 14.6 Å². The van der Waals surface area contributed by atoms with Gasteiger partial charge in [0.25, 0.3) is 0 Å². The maximum Gasteiger partial charge on any atom is 0.417 e. The summed E-state index contributed by atoms with van der Waals surface area (Å²) in [5, 5.41) is 0. The van der Waals surface area contributed by atoms with E-state index >= 15 is 0 Å². The number of nitrogens with zero attached hydrogens (tertiary/aromatic N) is 1. The van der Waals surface area contributed by atoms with Gasteiger partial charge in [-0.25, -0.2) is 0 Å². The van der Waals surface area contributed by atoms with Crippen molar-refractivity contribution in [3.63, 3.8) is 0 Å². The Bertz CT molecular complexity index is 1040. The van der Waals surface area contributed by atoms with Crippen LogP contribution >= 0.6 is 0 Å². The van der Waals surface area contributed by atoms with Gasteiger partial charge in [0.05, 0.1) is 5.56 Å². The first-order chi connectivity index (χ1) is 13.3. The Morgan fingerprint density at radius 1 is 1.08 bits per heavy atom. The second kappa shape index (κ2) is 5.70. The molecule has 0 unspecified atom stereocenters. The van der Waals surface area contributed by atoms with Crippen molar-refractivity contribution in [1.82, 2.24) is 4.98 Å². The number of carbonyl (C=O) groups excluding carboxylic acids is 2. The fourth-order valence-corrected chi connectivity index (χ4v) is 2.26. The van der Waals surface area contributed by atoms with Crippen molar-refractivity contribution in [2.24, 2.45) is 0 Å². The van der Waals surface area contributed by atoms with Crippen molar-refractivity contribution in [3.05, 3.63) is 76.1 Å². The fourth-order valence-electron chi connectivity index (χ4n) is 2.26. The number of carbonyl (C=O) groups is 2. The zero-order valence-corrected chi connectivity index (χ0v) is 11.9. The van der Waals surface area contributed by atoms with Crippen molar-refractivity contribution in [3.8, 4) is 0 Å². The summed E-state index contributed by atoms with van der Waals surface area (Å²) in [5.74, 6) is -2.07. The highest BCUT2D eigenvalue weighted by Crippen LogP contribution is 2.30. The van der Waals surface area contributed by atoms with Crippen LogP contribution in [0.3, 0.4) is 0 Å². The lowest BCUT2D eigenvalue weighted by atomic mass is 9.83. The predicted molar refractivity (Wildman–Crippen MR) is 80.7 cm³/mol. The molecule has 1 aliphatic carbocycles. The fraction of sp³-hybridized carbons (Fsp3) is 0.167. The van der Waals surface area contributed by atoms with E-state index in [1.807, 2.05) is 0 Å². The van der Waals surface area contributed by atoms with Crippen molar-refractivity contribution in [2.45, 2.75) is 19.4 Å². The van der Waals surface area contributed by atoms with Gasteiger partial charge in [0.2, 0.25) is 0 Å². The van der Waals surface area contributed by atoms with E-state index in [4.69, 9.17) is 6.85 Å². The van der Waals surface area contributed by atoms with Crippen LogP contribution in [0.1, 0.15) is 45.7 Å². The van der Waals surface area contributed by atoms with E-state index in [-0.39, 0.29) is 11.1 Å². The smallest absolute Gasteiger partial charge is 0.289 e. The summed E-state index contributed by atoms with van der Waals surface area (Å²) in [4.78, 5) is 29.2. The Morgan fingerprint density at radius 3 is 2.29 bits per heavy atom. The number of benzene rings is 1. The molecule has 2 aromatic rings. The van der Waals surface area contributed by atoms with Crippen LogP contribution in [-0.4, -0.2) is 16.6 Å². The Balaban J connectivity index is 2.24. The SMILES string of the molecule is [2H]C([2H])([2H])C1=C(C([2H])([2H])c2ccc(C(F)(F)F)cn2)C(=O)c2ccccc2C1=O. The van der Waals surface area contributed by atoms with Crippen molar-refractivity contribution >= 4 is 11.6 Å². The van der Waals surface area contributed by atoms with Crippen LogP contribution in [0.5, 0.6) is 0 Å². The normalized spacial score (nSPS) is 19.0. The molecule has 24 heavy (non-hydrogen) atoms. The zero-order chi connectivity index (χ0) is 21.8. The second-order valence-electron chi connectivity index (χ2n) is 5.01. The minimum atomic E-state index is -4.71. The average Bonchev–Trinajstić information content (AvgIpc) is 2.62. The number of rotatable bonds is 2. The first kappa shape index (κ1) is 10.9. The number of Topliss-reactive ketones (excluding diaryl/α,β-unsaturated/α-hetero) is 2. The molecule has 1 aromatic carbocycles. The largest absolute Gasteiger partial charge is 0.417 e. The predicted octanol–water partition coefficient (Wildman–Crippen LogP) is 4.04. The molecule has 3 nitrogen and oxygen atoms in total. The molecular formula is C18H12F3NO2.